The van der Waals surface area contributed by atoms with E-state index in [1.807, 2.05) is 18.3 Å². The molecule has 7 heteroatoms. The van der Waals surface area contributed by atoms with Crippen LogP contribution in [0.15, 0.2) is 29.7 Å². The summed E-state index contributed by atoms with van der Waals surface area (Å²) in [5, 5.41) is 13.1. The Balaban J connectivity index is 1.27. The molecular formula is C23H31N5OS. The van der Waals surface area contributed by atoms with Gasteiger partial charge in [0.25, 0.3) is 0 Å². The van der Waals surface area contributed by atoms with Crippen LogP contribution in [0.3, 0.4) is 0 Å². The van der Waals surface area contributed by atoms with E-state index in [1.165, 1.54) is 50.3 Å². The maximum Gasteiger partial charge on any atom is 0.230 e. The van der Waals surface area contributed by atoms with Crippen LogP contribution in [0.2, 0.25) is 0 Å². The molecule has 2 heterocycles. The molecule has 0 aromatic carbocycles. The van der Waals surface area contributed by atoms with Gasteiger partial charge < -0.3 is 9.88 Å². The number of amides is 1. The molecule has 4 aliphatic carbocycles. The topological polar surface area (TPSA) is 72.7 Å². The molecule has 2 aromatic rings. The summed E-state index contributed by atoms with van der Waals surface area (Å²) in [6.07, 6.45) is 11.3. The molecule has 1 N–H and O–H groups in total. The molecule has 4 aliphatic rings. The highest BCUT2D eigenvalue weighted by Crippen LogP contribution is 2.55. The van der Waals surface area contributed by atoms with E-state index in [-0.39, 0.29) is 11.4 Å². The van der Waals surface area contributed by atoms with E-state index in [9.17, 15) is 4.79 Å². The Labute approximate surface area is 182 Å². The summed E-state index contributed by atoms with van der Waals surface area (Å²) in [4.78, 5) is 17.1. The van der Waals surface area contributed by atoms with Crippen molar-refractivity contribution in [2.24, 2.45) is 23.7 Å². The third-order valence-corrected chi connectivity index (χ3v) is 7.93. The molecule has 0 unspecified atom stereocenters. The summed E-state index contributed by atoms with van der Waals surface area (Å²) in [5.74, 6) is 4.31. The highest BCUT2D eigenvalue weighted by atomic mass is 32.2. The van der Waals surface area contributed by atoms with Gasteiger partial charge in [0.2, 0.25) is 5.91 Å². The van der Waals surface area contributed by atoms with Crippen molar-refractivity contribution in [3.63, 3.8) is 0 Å². The van der Waals surface area contributed by atoms with Crippen LogP contribution in [-0.4, -0.2) is 36.9 Å². The minimum Gasteiger partial charge on any atom is -0.350 e. The first-order valence-corrected chi connectivity index (χ1v) is 12.3. The number of hydrogen-bond acceptors (Lipinski definition) is 5. The average molecular weight is 426 g/mol. The van der Waals surface area contributed by atoms with E-state index in [0.29, 0.717) is 11.7 Å². The second-order valence-electron chi connectivity index (χ2n) is 10.1. The van der Waals surface area contributed by atoms with Gasteiger partial charge in [0.05, 0.1) is 5.75 Å². The van der Waals surface area contributed by atoms with Gasteiger partial charge in [0.15, 0.2) is 11.0 Å². The van der Waals surface area contributed by atoms with Crippen LogP contribution >= 0.6 is 11.8 Å². The van der Waals surface area contributed by atoms with Crippen molar-refractivity contribution in [2.45, 2.75) is 69.6 Å². The largest absolute Gasteiger partial charge is 0.350 e. The molecule has 0 spiro atoms. The summed E-state index contributed by atoms with van der Waals surface area (Å²) < 4.78 is 2.13. The number of thioether (sulfide) groups is 1. The smallest absolute Gasteiger partial charge is 0.230 e. The third kappa shape index (κ3) is 4.01. The van der Waals surface area contributed by atoms with Gasteiger partial charge in [-0.15, -0.1) is 10.2 Å². The Morgan fingerprint density at radius 2 is 1.90 bits per heavy atom. The van der Waals surface area contributed by atoms with Crippen LogP contribution in [-0.2, 0) is 11.3 Å². The fraction of sp³-hybridized carbons (Fsp3) is 0.652. The minimum absolute atomic E-state index is 0.0683. The normalized spacial score (nSPS) is 29.5. The van der Waals surface area contributed by atoms with Crippen LogP contribution < -0.4 is 5.32 Å². The number of pyridine rings is 1. The molecule has 4 saturated carbocycles. The molecule has 6 nitrogen and oxygen atoms in total. The van der Waals surface area contributed by atoms with Crippen molar-refractivity contribution in [3.05, 3.63) is 24.5 Å². The zero-order valence-corrected chi connectivity index (χ0v) is 18.7. The molecule has 1 amide bonds. The Morgan fingerprint density at radius 3 is 2.50 bits per heavy atom. The maximum absolute atomic E-state index is 12.9. The molecule has 160 valence electrons. The van der Waals surface area contributed by atoms with E-state index < -0.39 is 0 Å². The lowest BCUT2D eigenvalue weighted by atomic mass is 9.53. The van der Waals surface area contributed by atoms with E-state index in [0.717, 1.165) is 40.8 Å². The second kappa shape index (κ2) is 7.98. The zero-order chi connectivity index (χ0) is 20.7. The van der Waals surface area contributed by atoms with Gasteiger partial charge in [-0.1, -0.05) is 25.6 Å². The van der Waals surface area contributed by atoms with E-state index in [1.54, 1.807) is 6.20 Å². The molecular weight excluding hydrogens is 394 g/mol. The van der Waals surface area contributed by atoms with Crippen molar-refractivity contribution in [3.8, 4) is 11.4 Å². The van der Waals surface area contributed by atoms with Crippen LogP contribution in [0.25, 0.3) is 11.4 Å². The number of nitrogens with zero attached hydrogens (tertiary/aromatic N) is 4. The summed E-state index contributed by atoms with van der Waals surface area (Å²) in [6, 6.07) is 3.91. The monoisotopic (exact) mass is 425 g/mol. The fourth-order valence-electron chi connectivity index (χ4n) is 6.36. The first-order valence-electron chi connectivity index (χ1n) is 11.3. The molecule has 0 aliphatic heterocycles. The number of carbonyl (C=O) groups is 1. The lowest BCUT2D eigenvalue weighted by Crippen LogP contribution is -2.60. The van der Waals surface area contributed by atoms with Gasteiger partial charge in [-0.2, -0.15) is 0 Å². The van der Waals surface area contributed by atoms with Crippen molar-refractivity contribution in [1.82, 2.24) is 25.1 Å². The quantitative estimate of drug-likeness (QED) is 0.674. The van der Waals surface area contributed by atoms with Gasteiger partial charge >= 0.3 is 0 Å². The number of hydrogen-bond donors (Lipinski definition) is 1. The predicted molar refractivity (Wildman–Crippen MR) is 118 cm³/mol. The first-order chi connectivity index (χ1) is 14.5. The lowest BCUT2D eigenvalue weighted by molar-refractivity contribution is -0.124. The second-order valence-corrected chi connectivity index (χ2v) is 11.0. The van der Waals surface area contributed by atoms with Crippen molar-refractivity contribution < 1.29 is 4.79 Å². The Hall–Kier alpha value is -1.89. The zero-order valence-electron chi connectivity index (χ0n) is 17.9. The lowest BCUT2D eigenvalue weighted by Gasteiger charge is -2.56. The third-order valence-electron chi connectivity index (χ3n) is 6.96. The van der Waals surface area contributed by atoms with Crippen LogP contribution in [0.4, 0.5) is 0 Å². The Bertz CT molecular complexity index is 874. The number of carbonyl (C=O) groups excluding carboxylic acids is 1. The number of rotatable bonds is 7. The molecule has 0 atom stereocenters. The van der Waals surface area contributed by atoms with Crippen LogP contribution in [0.5, 0.6) is 0 Å². The standard InChI is InChI=1S/C23H31N5OS/c1-15(2)13-28-21(19-4-3-5-24-12-19)26-27-22(28)30-14-20(29)25-23-9-16-6-17(10-23)8-18(7-16)11-23/h3-5,12,15-18H,6-11,13-14H2,1-2H3,(H,25,29). The molecule has 4 bridgehead atoms. The number of nitrogens with one attached hydrogen (secondary N) is 1. The maximum atomic E-state index is 12.9. The summed E-state index contributed by atoms with van der Waals surface area (Å²) in [7, 11) is 0. The van der Waals surface area contributed by atoms with Gasteiger partial charge in [0, 0.05) is 30.0 Å². The Morgan fingerprint density at radius 1 is 1.20 bits per heavy atom. The molecule has 30 heavy (non-hydrogen) atoms. The van der Waals surface area contributed by atoms with Crippen molar-refractivity contribution in [1.29, 1.82) is 0 Å². The van der Waals surface area contributed by atoms with Crippen molar-refractivity contribution in [2.75, 3.05) is 5.75 Å². The van der Waals surface area contributed by atoms with Crippen LogP contribution in [0.1, 0.15) is 52.4 Å². The first kappa shape index (κ1) is 20.0. The average Bonchev–Trinajstić information content (AvgIpc) is 3.07. The predicted octanol–water partition coefficient (Wildman–Crippen LogP) is 4.17. The number of aromatic nitrogens is 4. The van der Waals surface area contributed by atoms with E-state index in [2.05, 4.69) is 38.9 Å². The van der Waals surface area contributed by atoms with Crippen molar-refractivity contribution >= 4 is 17.7 Å². The SMILES string of the molecule is CC(C)Cn1c(SCC(=O)NC23CC4CC(CC(C4)C2)C3)nnc1-c1cccnc1. The van der Waals surface area contributed by atoms with E-state index >= 15 is 0 Å². The summed E-state index contributed by atoms with van der Waals surface area (Å²) in [5.41, 5.74) is 1.02. The van der Waals surface area contributed by atoms with Gasteiger partial charge in [-0.25, -0.2) is 0 Å². The summed E-state index contributed by atoms with van der Waals surface area (Å²) in [6.45, 7) is 5.18. The highest BCUT2D eigenvalue weighted by Gasteiger charge is 2.51. The van der Waals surface area contributed by atoms with Crippen LogP contribution in [0, 0.1) is 23.7 Å². The Kier molecular flexibility index (Phi) is 5.33. The fourth-order valence-corrected chi connectivity index (χ4v) is 7.11. The molecule has 6 rings (SSSR count). The highest BCUT2D eigenvalue weighted by molar-refractivity contribution is 7.99. The molecule has 2 aromatic heterocycles. The molecule has 0 saturated heterocycles. The molecule has 4 fully saturated rings. The summed E-state index contributed by atoms with van der Waals surface area (Å²) >= 11 is 1.50. The van der Waals surface area contributed by atoms with E-state index in [4.69, 9.17) is 0 Å². The minimum atomic E-state index is 0.0683. The van der Waals surface area contributed by atoms with Gasteiger partial charge in [0.1, 0.15) is 0 Å². The van der Waals surface area contributed by atoms with Gasteiger partial charge in [-0.3, -0.25) is 9.78 Å². The molecule has 0 radical (unpaired) electrons. The van der Waals surface area contributed by atoms with Gasteiger partial charge in [-0.05, 0) is 74.3 Å².